The molecule has 4 rings (SSSR count). The molecule has 162 valence electrons. The van der Waals surface area contributed by atoms with Crippen molar-refractivity contribution in [2.75, 3.05) is 19.6 Å². The van der Waals surface area contributed by atoms with E-state index in [4.69, 9.17) is 0 Å². The Balaban J connectivity index is 1.49. The molecule has 1 aliphatic rings. The molecule has 0 N–H and O–H groups in total. The maximum atomic E-state index is 14.1. The van der Waals surface area contributed by atoms with Crippen LogP contribution in [0.15, 0.2) is 59.5 Å². The van der Waals surface area contributed by atoms with Crippen LogP contribution in [0.3, 0.4) is 0 Å². The minimum Gasteiger partial charge on any atom is -0.335 e. The maximum absolute atomic E-state index is 14.1. The molecule has 1 saturated heterocycles. The van der Waals surface area contributed by atoms with Crippen molar-refractivity contribution in [3.8, 4) is 0 Å². The summed E-state index contributed by atoms with van der Waals surface area (Å²) < 4.78 is 15.3. The maximum Gasteiger partial charge on any atom is 0.275 e. The van der Waals surface area contributed by atoms with Crippen LogP contribution in [0, 0.1) is 11.7 Å². The minimum atomic E-state index is -0.259. The number of fused-ring (bicyclic) bond motifs is 1. The van der Waals surface area contributed by atoms with Gasteiger partial charge in [-0.1, -0.05) is 50.2 Å². The van der Waals surface area contributed by atoms with Gasteiger partial charge in [-0.3, -0.25) is 14.5 Å². The number of hydrogen-bond donors (Lipinski definition) is 0. The van der Waals surface area contributed by atoms with Gasteiger partial charge < -0.3 is 4.90 Å². The summed E-state index contributed by atoms with van der Waals surface area (Å²) >= 11 is 0. The third-order valence-corrected chi connectivity index (χ3v) is 5.99. The zero-order valence-corrected chi connectivity index (χ0v) is 17.9. The van der Waals surface area contributed by atoms with Crippen LogP contribution in [0.2, 0.25) is 0 Å². The molecule has 2 heterocycles. The zero-order valence-electron chi connectivity index (χ0n) is 17.9. The Labute approximate surface area is 180 Å². The van der Waals surface area contributed by atoms with Gasteiger partial charge in [-0.15, -0.1) is 0 Å². The fourth-order valence-electron chi connectivity index (χ4n) is 4.22. The topological polar surface area (TPSA) is 58.4 Å². The van der Waals surface area contributed by atoms with E-state index in [0.29, 0.717) is 37.1 Å². The van der Waals surface area contributed by atoms with Gasteiger partial charge in [0.1, 0.15) is 12.4 Å². The first-order chi connectivity index (χ1) is 14.9. The van der Waals surface area contributed by atoms with E-state index in [0.717, 1.165) is 5.39 Å². The molecule has 1 fully saturated rings. The Morgan fingerprint density at radius 2 is 1.87 bits per heavy atom. The van der Waals surface area contributed by atoms with Gasteiger partial charge in [0.25, 0.3) is 5.56 Å². The second kappa shape index (κ2) is 8.98. The van der Waals surface area contributed by atoms with E-state index < -0.39 is 0 Å². The predicted octanol–water partition coefficient (Wildman–Crippen LogP) is 2.90. The Morgan fingerprint density at radius 1 is 1.13 bits per heavy atom. The first kappa shape index (κ1) is 21.2. The number of aromatic nitrogens is 2. The fraction of sp³-hybridized carbons (Fsp3) is 0.375. The van der Waals surface area contributed by atoms with Gasteiger partial charge in [0.05, 0.1) is 11.6 Å². The molecule has 7 heteroatoms. The molecular formula is C24H27FN4O2. The first-order valence-electron chi connectivity index (χ1n) is 10.6. The van der Waals surface area contributed by atoms with Gasteiger partial charge in [-0.25, -0.2) is 9.07 Å². The Bertz CT molecular complexity index is 1140. The molecule has 0 unspecified atom stereocenters. The predicted molar refractivity (Wildman–Crippen MR) is 118 cm³/mol. The number of carbonyl (C=O) groups is 1. The third-order valence-electron chi connectivity index (χ3n) is 5.99. The first-order valence-corrected chi connectivity index (χ1v) is 10.6. The van der Waals surface area contributed by atoms with E-state index in [1.165, 1.54) is 10.7 Å². The molecule has 1 aliphatic heterocycles. The minimum absolute atomic E-state index is 0.0100. The van der Waals surface area contributed by atoms with Crippen molar-refractivity contribution < 1.29 is 9.18 Å². The van der Waals surface area contributed by atoms with Crippen molar-refractivity contribution in [3.05, 3.63) is 76.5 Å². The molecule has 6 nitrogen and oxygen atoms in total. The molecule has 0 aliphatic carbocycles. The van der Waals surface area contributed by atoms with E-state index >= 15 is 0 Å². The van der Waals surface area contributed by atoms with Crippen LogP contribution in [-0.2, 0) is 17.9 Å². The number of piperazine rings is 1. The van der Waals surface area contributed by atoms with Crippen LogP contribution in [0.5, 0.6) is 0 Å². The van der Waals surface area contributed by atoms with Crippen LogP contribution in [0.25, 0.3) is 10.8 Å². The summed E-state index contributed by atoms with van der Waals surface area (Å²) in [5, 5.41) is 5.51. The summed E-state index contributed by atoms with van der Waals surface area (Å²) in [6, 6.07) is 14.0. The standard InChI is InChI=1S/C24H27FN4O2/c1-17(2)22-15-27(14-19-8-4-6-10-21(19)25)11-12-28(22)23(30)16-29-24(31)20-9-5-3-7-18(20)13-26-29/h3-10,13,17,22H,11-12,14-16H2,1-2H3/t22-/m1/s1. The zero-order chi connectivity index (χ0) is 22.0. The average molecular weight is 423 g/mol. The monoisotopic (exact) mass is 422 g/mol. The van der Waals surface area contributed by atoms with Crippen LogP contribution < -0.4 is 5.56 Å². The molecule has 0 bridgehead atoms. The van der Waals surface area contributed by atoms with E-state index in [2.05, 4.69) is 23.8 Å². The summed E-state index contributed by atoms with van der Waals surface area (Å²) in [6.07, 6.45) is 1.62. The van der Waals surface area contributed by atoms with Crippen molar-refractivity contribution in [1.29, 1.82) is 0 Å². The van der Waals surface area contributed by atoms with Gasteiger partial charge in [-0.05, 0) is 18.1 Å². The number of halogens is 1. The lowest BCUT2D eigenvalue weighted by Gasteiger charge is -2.43. The lowest BCUT2D eigenvalue weighted by Crippen LogP contribution is -2.57. The third kappa shape index (κ3) is 4.51. The molecule has 1 amide bonds. The quantitative estimate of drug-likeness (QED) is 0.635. The van der Waals surface area contributed by atoms with Crippen molar-refractivity contribution in [2.24, 2.45) is 5.92 Å². The van der Waals surface area contributed by atoms with Crippen LogP contribution in [0.1, 0.15) is 19.4 Å². The molecular weight excluding hydrogens is 395 g/mol. The van der Waals surface area contributed by atoms with E-state index in [1.807, 2.05) is 23.1 Å². The van der Waals surface area contributed by atoms with Gasteiger partial charge in [0, 0.05) is 43.2 Å². The molecule has 0 saturated carbocycles. The fourth-order valence-corrected chi connectivity index (χ4v) is 4.22. The SMILES string of the molecule is CC(C)[C@H]1CN(Cc2ccccc2F)CCN1C(=O)Cn1ncc2ccccc2c1=O. The highest BCUT2D eigenvalue weighted by molar-refractivity contribution is 5.81. The summed E-state index contributed by atoms with van der Waals surface area (Å²) in [6.45, 7) is 6.46. The van der Waals surface area contributed by atoms with Crippen LogP contribution >= 0.6 is 0 Å². The highest BCUT2D eigenvalue weighted by Gasteiger charge is 2.32. The Kier molecular flexibility index (Phi) is 6.13. The molecule has 1 aromatic heterocycles. The van der Waals surface area contributed by atoms with Gasteiger partial charge in [0.15, 0.2) is 0 Å². The lowest BCUT2D eigenvalue weighted by atomic mass is 9.99. The normalized spacial score (nSPS) is 17.4. The van der Waals surface area contributed by atoms with E-state index in [1.54, 1.807) is 30.5 Å². The van der Waals surface area contributed by atoms with E-state index in [9.17, 15) is 14.0 Å². The summed E-state index contributed by atoms with van der Waals surface area (Å²) in [5.41, 5.74) is 0.405. The number of hydrogen-bond acceptors (Lipinski definition) is 4. The van der Waals surface area contributed by atoms with Gasteiger partial charge in [-0.2, -0.15) is 5.10 Å². The van der Waals surface area contributed by atoms with E-state index in [-0.39, 0.29) is 35.8 Å². The van der Waals surface area contributed by atoms with Crippen molar-refractivity contribution in [2.45, 2.75) is 33.0 Å². The summed E-state index contributed by atoms with van der Waals surface area (Å²) in [5.74, 6) is -0.0911. The molecule has 31 heavy (non-hydrogen) atoms. The summed E-state index contributed by atoms with van der Waals surface area (Å²) in [7, 11) is 0. The molecule has 0 radical (unpaired) electrons. The molecule has 1 atom stereocenters. The highest BCUT2D eigenvalue weighted by atomic mass is 19.1. The van der Waals surface area contributed by atoms with Gasteiger partial charge in [0.2, 0.25) is 5.91 Å². The number of benzene rings is 2. The lowest BCUT2D eigenvalue weighted by molar-refractivity contribution is -0.138. The van der Waals surface area contributed by atoms with Crippen LogP contribution in [-0.4, -0.2) is 51.2 Å². The second-order valence-electron chi connectivity index (χ2n) is 8.42. The highest BCUT2D eigenvalue weighted by Crippen LogP contribution is 2.20. The Morgan fingerprint density at radius 3 is 2.65 bits per heavy atom. The number of amides is 1. The summed E-state index contributed by atoms with van der Waals surface area (Å²) in [4.78, 5) is 29.9. The molecule has 2 aromatic carbocycles. The van der Waals surface area contributed by atoms with Crippen LogP contribution in [0.4, 0.5) is 4.39 Å². The van der Waals surface area contributed by atoms with Crippen molar-refractivity contribution in [3.63, 3.8) is 0 Å². The Hall–Kier alpha value is -3.06. The van der Waals surface area contributed by atoms with Gasteiger partial charge >= 0.3 is 0 Å². The number of nitrogens with zero attached hydrogens (tertiary/aromatic N) is 4. The average Bonchev–Trinajstić information content (AvgIpc) is 2.77. The largest absolute Gasteiger partial charge is 0.335 e. The van der Waals surface area contributed by atoms with Crippen molar-refractivity contribution >= 4 is 16.7 Å². The molecule has 0 spiro atoms. The molecule has 3 aromatic rings. The number of rotatable bonds is 5. The van der Waals surface area contributed by atoms with Crippen molar-refractivity contribution in [1.82, 2.24) is 19.6 Å². The number of carbonyl (C=O) groups excluding carboxylic acids is 1. The second-order valence-corrected chi connectivity index (χ2v) is 8.42. The smallest absolute Gasteiger partial charge is 0.275 e.